The smallest absolute Gasteiger partial charge is 0.237 e. The molecule has 4 nitrogen and oxygen atoms in total. The Morgan fingerprint density at radius 3 is 2.71 bits per heavy atom. The van der Waals surface area contributed by atoms with Gasteiger partial charge in [-0.1, -0.05) is 25.0 Å². The van der Waals surface area contributed by atoms with Crippen molar-refractivity contribution in [2.45, 2.75) is 49.4 Å². The van der Waals surface area contributed by atoms with E-state index in [4.69, 9.17) is 5.73 Å². The van der Waals surface area contributed by atoms with Gasteiger partial charge in [-0.05, 0) is 43.2 Å². The van der Waals surface area contributed by atoms with Gasteiger partial charge in [0.25, 0.3) is 0 Å². The number of thioether (sulfide) groups is 1. The summed E-state index contributed by atoms with van der Waals surface area (Å²) < 4.78 is 0. The average Bonchev–Trinajstić information content (AvgIpc) is 2.50. The number of rotatable bonds is 5. The number of amides is 1. The van der Waals surface area contributed by atoms with Crippen LogP contribution >= 0.6 is 11.8 Å². The molecule has 1 aromatic carbocycles. The monoisotopic (exact) mass is 308 g/mol. The summed E-state index contributed by atoms with van der Waals surface area (Å²) in [4.78, 5) is 12.2. The van der Waals surface area contributed by atoms with E-state index in [1.54, 1.807) is 24.3 Å². The topological polar surface area (TPSA) is 75.4 Å². The first kappa shape index (κ1) is 16.2. The first-order valence-corrected chi connectivity index (χ1v) is 8.75. The fourth-order valence-corrected chi connectivity index (χ4v) is 3.75. The molecule has 1 amide bonds. The molecule has 1 saturated carbocycles. The molecule has 0 aromatic heterocycles. The zero-order valence-corrected chi connectivity index (χ0v) is 13.2. The number of carbonyl (C=O) groups is 1. The highest BCUT2D eigenvalue weighted by atomic mass is 32.2. The summed E-state index contributed by atoms with van der Waals surface area (Å²) in [7, 11) is 0. The van der Waals surface area contributed by atoms with Crippen molar-refractivity contribution in [3.63, 3.8) is 0 Å². The highest BCUT2D eigenvalue weighted by Crippen LogP contribution is 2.27. The maximum absolute atomic E-state index is 12.2. The van der Waals surface area contributed by atoms with Crippen LogP contribution in [0.3, 0.4) is 0 Å². The fourth-order valence-electron chi connectivity index (χ4n) is 2.81. The number of phenols is 1. The van der Waals surface area contributed by atoms with Crippen LogP contribution in [0.15, 0.2) is 24.3 Å². The number of carbonyl (C=O) groups excluding carboxylic acids is 1. The van der Waals surface area contributed by atoms with Crippen LogP contribution in [0.5, 0.6) is 5.75 Å². The molecule has 116 valence electrons. The van der Waals surface area contributed by atoms with Gasteiger partial charge in [0.2, 0.25) is 5.91 Å². The van der Waals surface area contributed by atoms with E-state index >= 15 is 0 Å². The van der Waals surface area contributed by atoms with Crippen LogP contribution in [-0.4, -0.2) is 34.6 Å². The lowest BCUT2D eigenvalue weighted by atomic mass is 9.94. The molecule has 0 saturated heterocycles. The predicted octanol–water partition coefficient (Wildman–Crippen LogP) is 2.05. The zero-order valence-electron chi connectivity index (χ0n) is 12.4. The third-order valence-corrected chi connectivity index (χ3v) is 5.23. The van der Waals surface area contributed by atoms with Gasteiger partial charge in [-0.2, -0.15) is 11.8 Å². The lowest BCUT2D eigenvalue weighted by Gasteiger charge is -2.31. The van der Waals surface area contributed by atoms with Crippen molar-refractivity contribution in [3.8, 4) is 5.75 Å². The van der Waals surface area contributed by atoms with E-state index in [9.17, 15) is 9.90 Å². The van der Waals surface area contributed by atoms with Crippen LogP contribution in [0, 0.1) is 0 Å². The second kappa shape index (κ2) is 7.71. The fraction of sp³-hybridized carbons (Fsp3) is 0.562. The van der Waals surface area contributed by atoms with E-state index in [1.165, 1.54) is 19.3 Å². The molecule has 21 heavy (non-hydrogen) atoms. The number of nitrogens with two attached hydrogens (primary N) is 1. The van der Waals surface area contributed by atoms with Crippen LogP contribution in [-0.2, 0) is 11.2 Å². The minimum Gasteiger partial charge on any atom is -0.508 e. The average molecular weight is 308 g/mol. The van der Waals surface area contributed by atoms with E-state index in [1.807, 2.05) is 11.8 Å². The molecule has 0 heterocycles. The van der Waals surface area contributed by atoms with Crippen molar-refractivity contribution in [3.05, 3.63) is 29.8 Å². The van der Waals surface area contributed by atoms with Crippen LogP contribution in [0.1, 0.15) is 31.2 Å². The number of phenolic OH excluding ortho intramolecular Hbond substituents is 1. The van der Waals surface area contributed by atoms with Gasteiger partial charge in [0.15, 0.2) is 0 Å². The molecule has 1 aliphatic carbocycles. The van der Waals surface area contributed by atoms with Crippen molar-refractivity contribution in [1.82, 2.24) is 5.32 Å². The summed E-state index contributed by atoms with van der Waals surface area (Å²) in [6.45, 7) is 0. The molecule has 0 radical (unpaired) electrons. The molecule has 4 N–H and O–H groups in total. The highest BCUT2D eigenvalue weighted by molar-refractivity contribution is 7.99. The summed E-state index contributed by atoms with van der Waals surface area (Å²) in [5.74, 6) is 0.149. The SMILES string of the molecule is CSC1CCCCC1NC(=O)[C@@H](N)Cc1ccc(O)cc1. The lowest BCUT2D eigenvalue weighted by Crippen LogP contribution is -2.50. The summed E-state index contributed by atoms with van der Waals surface area (Å²) in [6, 6.07) is 6.53. The Morgan fingerprint density at radius 2 is 2.05 bits per heavy atom. The summed E-state index contributed by atoms with van der Waals surface area (Å²) in [5.41, 5.74) is 6.97. The van der Waals surface area contributed by atoms with Crippen molar-refractivity contribution in [2.75, 3.05) is 6.26 Å². The van der Waals surface area contributed by atoms with E-state index in [2.05, 4.69) is 11.6 Å². The van der Waals surface area contributed by atoms with E-state index in [0.29, 0.717) is 11.7 Å². The van der Waals surface area contributed by atoms with Gasteiger partial charge in [0, 0.05) is 11.3 Å². The Hall–Kier alpha value is -1.20. The molecule has 1 fully saturated rings. The van der Waals surface area contributed by atoms with Gasteiger partial charge < -0.3 is 16.2 Å². The molecule has 2 unspecified atom stereocenters. The number of hydrogen-bond donors (Lipinski definition) is 3. The zero-order chi connectivity index (χ0) is 15.2. The van der Waals surface area contributed by atoms with Crippen LogP contribution < -0.4 is 11.1 Å². The van der Waals surface area contributed by atoms with Gasteiger partial charge in [0.1, 0.15) is 5.75 Å². The van der Waals surface area contributed by atoms with Crippen molar-refractivity contribution >= 4 is 17.7 Å². The normalized spacial score (nSPS) is 23.5. The van der Waals surface area contributed by atoms with Gasteiger partial charge in [0.05, 0.1) is 6.04 Å². The molecular weight excluding hydrogens is 284 g/mol. The number of nitrogens with one attached hydrogen (secondary N) is 1. The molecule has 2 rings (SSSR count). The Morgan fingerprint density at radius 1 is 1.38 bits per heavy atom. The van der Waals surface area contributed by atoms with Gasteiger partial charge in [-0.25, -0.2) is 0 Å². The number of hydrogen-bond acceptors (Lipinski definition) is 4. The van der Waals surface area contributed by atoms with Gasteiger partial charge in [-0.3, -0.25) is 4.79 Å². The molecular formula is C16H24N2O2S. The second-order valence-corrected chi connectivity index (χ2v) is 6.73. The molecule has 0 spiro atoms. The predicted molar refractivity (Wildman–Crippen MR) is 87.5 cm³/mol. The number of aromatic hydroxyl groups is 1. The summed E-state index contributed by atoms with van der Waals surface area (Å²) in [5, 5.41) is 12.9. The molecule has 1 aromatic rings. The van der Waals surface area contributed by atoms with Crippen molar-refractivity contribution in [1.29, 1.82) is 0 Å². The molecule has 0 aliphatic heterocycles. The Labute approximate surface area is 130 Å². The largest absolute Gasteiger partial charge is 0.508 e. The third-order valence-electron chi connectivity index (χ3n) is 4.06. The standard InChI is InChI=1S/C16H24N2O2S/c1-21-15-5-3-2-4-14(15)18-16(20)13(17)10-11-6-8-12(19)9-7-11/h6-9,13-15,19H,2-5,10,17H2,1H3,(H,18,20)/t13-,14?,15?/m0/s1. The Kier molecular flexibility index (Phi) is 5.94. The summed E-state index contributed by atoms with van der Waals surface area (Å²) >= 11 is 1.83. The minimum absolute atomic E-state index is 0.0750. The Balaban J connectivity index is 1.88. The Bertz CT molecular complexity index is 464. The van der Waals surface area contributed by atoms with Crippen molar-refractivity contribution in [2.24, 2.45) is 5.73 Å². The summed E-state index contributed by atoms with van der Waals surface area (Å²) in [6.07, 6.45) is 7.23. The van der Waals surface area contributed by atoms with E-state index < -0.39 is 6.04 Å². The van der Waals surface area contributed by atoms with Gasteiger partial charge >= 0.3 is 0 Å². The maximum atomic E-state index is 12.2. The van der Waals surface area contributed by atoms with E-state index in [0.717, 1.165) is 12.0 Å². The van der Waals surface area contributed by atoms with Crippen molar-refractivity contribution < 1.29 is 9.90 Å². The van der Waals surface area contributed by atoms with Crippen LogP contribution in [0.4, 0.5) is 0 Å². The third kappa shape index (κ3) is 4.64. The number of benzene rings is 1. The van der Waals surface area contributed by atoms with E-state index in [-0.39, 0.29) is 17.7 Å². The first-order chi connectivity index (χ1) is 10.1. The van der Waals surface area contributed by atoms with Gasteiger partial charge in [-0.15, -0.1) is 0 Å². The molecule has 0 bridgehead atoms. The molecule has 5 heteroatoms. The quantitative estimate of drug-likeness (QED) is 0.778. The molecule has 3 atom stereocenters. The second-order valence-electron chi connectivity index (χ2n) is 5.65. The molecule has 1 aliphatic rings. The lowest BCUT2D eigenvalue weighted by molar-refractivity contribution is -0.123. The first-order valence-electron chi connectivity index (χ1n) is 7.47. The maximum Gasteiger partial charge on any atom is 0.237 e. The van der Waals surface area contributed by atoms with Crippen LogP contribution in [0.2, 0.25) is 0 Å². The minimum atomic E-state index is -0.543. The highest BCUT2D eigenvalue weighted by Gasteiger charge is 2.27. The van der Waals surface area contributed by atoms with Crippen LogP contribution in [0.25, 0.3) is 0 Å².